The minimum Gasteiger partial charge on any atom is -0.394 e. The first-order valence-electron chi connectivity index (χ1n) is 23.7. The minimum atomic E-state index is -1.61. The second kappa shape index (κ2) is 37.6. The smallest absolute Gasteiger partial charge is 0.249 e. The Balaban J connectivity index is 2.37. The van der Waals surface area contributed by atoms with Crippen LogP contribution in [0.2, 0.25) is 0 Å². The highest BCUT2D eigenvalue weighted by Gasteiger charge is 2.44. The number of amides is 1. The van der Waals surface area contributed by atoms with Crippen LogP contribution >= 0.6 is 0 Å². The molecule has 0 aromatic rings. The molecule has 0 aromatic carbocycles. The van der Waals surface area contributed by atoms with Crippen molar-refractivity contribution in [3.63, 3.8) is 0 Å². The van der Waals surface area contributed by atoms with Crippen LogP contribution in [0.4, 0.5) is 0 Å². The lowest BCUT2D eigenvalue weighted by Gasteiger charge is -2.40. The van der Waals surface area contributed by atoms with Gasteiger partial charge < -0.3 is 45.4 Å². The fraction of sp³-hybridized carbons (Fsp3) is 0.894. The molecule has 8 atom stereocenters. The predicted molar refractivity (Wildman–Crippen MR) is 232 cm³/mol. The molecular formula is C47H89NO9. The first-order chi connectivity index (χ1) is 27.8. The van der Waals surface area contributed by atoms with Gasteiger partial charge >= 0.3 is 0 Å². The van der Waals surface area contributed by atoms with Gasteiger partial charge in [-0.2, -0.15) is 0 Å². The highest BCUT2D eigenvalue weighted by atomic mass is 16.7. The van der Waals surface area contributed by atoms with Gasteiger partial charge in [-0.25, -0.2) is 0 Å². The number of aliphatic hydroxyl groups is 6. The standard InChI is InChI=1S/C47H89NO9/c1-3-5-7-9-11-13-15-17-18-19-20-21-22-23-24-26-28-30-32-34-36-41(51)46(55)48-39(38-56-47-45(54)44(53)43(52)42(37-49)57-47)40(50)35-33-31-29-27-25-16-14-12-10-8-6-4-2/h21-22,33,35,39-45,47,49-54H,3-20,23-32,34,36-38H2,1-2H3,(H,48,55)/b22-21-,35-33+. The SMILES string of the molecule is CCCCCCCCCCCC/C=C\CCCCCCCCC(O)C(=O)NC(COC1OC(CO)C(O)C(O)C1O)C(O)/C=C/CCCCCCCCCCCC. The van der Waals surface area contributed by atoms with Gasteiger partial charge in [-0.05, 0) is 44.9 Å². The molecule has 0 radical (unpaired) electrons. The van der Waals surface area contributed by atoms with Crippen LogP contribution in [0, 0.1) is 0 Å². The van der Waals surface area contributed by atoms with Crippen molar-refractivity contribution in [3.05, 3.63) is 24.3 Å². The van der Waals surface area contributed by atoms with Crippen LogP contribution < -0.4 is 5.32 Å². The Morgan fingerprint density at radius 2 is 1.02 bits per heavy atom. The summed E-state index contributed by atoms with van der Waals surface area (Å²) in [6.45, 7) is 3.59. The maximum Gasteiger partial charge on any atom is 0.249 e. The van der Waals surface area contributed by atoms with Crippen molar-refractivity contribution in [1.82, 2.24) is 5.32 Å². The van der Waals surface area contributed by atoms with Crippen LogP contribution in [0.25, 0.3) is 0 Å². The summed E-state index contributed by atoms with van der Waals surface area (Å²) < 4.78 is 11.1. The van der Waals surface area contributed by atoms with E-state index in [-0.39, 0.29) is 6.61 Å². The summed E-state index contributed by atoms with van der Waals surface area (Å²) in [5.74, 6) is -0.621. The number of nitrogens with one attached hydrogen (secondary N) is 1. The maximum absolute atomic E-state index is 13.0. The molecule has 0 spiro atoms. The number of allylic oxidation sites excluding steroid dienone is 3. The van der Waals surface area contributed by atoms with Crippen LogP contribution in [0.3, 0.4) is 0 Å². The van der Waals surface area contributed by atoms with E-state index in [4.69, 9.17) is 9.47 Å². The van der Waals surface area contributed by atoms with E-state index in [9.17, 15) is 35.4 Å². The molecule has 57 heavy (non-hydrogen) atoms. The zero-order valence-corrected chi connectivity index (χ0v) is 36.5. The minimum absolute atomic E-state index is 0.304. The van der Waals surface area contributed by atoms with Gasteiger partial charge in [0.1, 0.15) is 30.5 Å². The molecule has 10 nitrogen and oxygen atoms in total. The van der Waals surface area contributed by atoms with Crippen molar-refractivity contribution in [1.29, 1.82) is 0 Å². The summed E-state index contributed by atoms with van der Waals surface area (Å²) in [5.41, 5.74) is 0. The molecule has 1 heterocycles. The van der Waals surface area contributed by atoms with Gasteiger partial charge in [-0.15, -0.1) is 0 Å². The molecule has 0 saturated carbocycles. The van der Waals surface area contributed by atoms with E-state index in [1.807, 2.05) is 6.08 Å². The number of ether oxygens (including phenoxy) is 2. The van der Waals surface area contributed by atoms with Gasteiger partial charge in [0.15, 0.2) is 6.29 Å². The van der Waals surface area contributed by atoms with E-state index in [0.29, 0.717) is 12.8 Å². The Bertz CT molecular complexity index is 963. The average molecular weight is 812 g/mol. The summed E-state index contributed by atoms with van der Waals surface area (Å²) in [6, 6.07) is -0.979. The second-order valence-corrected chi connectivity index (χ2v) is 16.7. The van der Waals surface area contributed by atoms with Crippen LogP contribution in [-0.2, 0) is 14.3 Å². The van der Waals surface area contributed by atoms with Crippen LogP contribution in [0.5, 0.6) is 0 Å². The summed E-state index contributed by atoms with van der Waals surface area (Å²) in [6.07, 6.45) is 34.1. The van der Waals surface area contributed by atoms with Crippen LogP contribution in [0.1, 0.15) is 206 Å². The number of rotatable bonds is 39. The summed E-state index contributed by atoms with van der Waals surface area (Å²) in [5, 5.41) is 64.6. The van der Waals surface area contributed by atoms with E-state index in [1.54, 1.807) is 6.08 Å². The van der Waals surface area contributed by atoms with Gasteiger partial charge in [0, 0.05) is 0 Å². The van der Waals surface area contributed by atoms with Crippen molar-refractivity contribution in [2.75, 3.05) is 13.2 Å². The van der Waals surface area contributed by atoms with E-state index < -0.39 is 61.5 Å². The summed E-state index contributed by atoms with van der Waals surface area (Å²) in [7, 11) is 0. The lowest BCUT2D eigenvalue weighted by atomic mass is 9.99. The number of aliphatic hydroxyl groups excluding tert-OH is 6. The van der Waals surface area contributed by atoms with E-state index >= 15 is 0 Å². The third-order valence-electron chi connectivity index (χ3n) is 11.4. The molecule has 1 aliphatic heterocycles. The highest BCUT2D eigenvalue weighted by molar-refractivity contribution is 5.80. The molecule has 336 valence electrons. The van der Waals surface area contributed by atoms with Crippen molar-refractivity contribution in [2.24, 2.45) is 0 Å². The molecule has 0 aliphatic carbocycles. The Kier molecular flexibility index (Phi) is 35.4. The first kappa shape index (κ1) is 53.6. The molecule has 1 fully saturated rings. The zero-order chi connectivity index (χ0) is 41.8. The first-order valence-corrected chi connectivity index (χ1v) is 23.7. The average Bonchev–Trinajstić information content (AvgIpc) is 3.21. The quantitative estimate of drug-likeness (QED) is 0.0237. The van der Waals surface area contributed by atoms with Crippen LogP contribution in [0.15, 0.2) is 24.3 Å². The normalized spacial score (nSPS) is 21.7. The molecule has 8 unspecified atom stereocenters. The molecule has 1 saturated heterocycles. The Morgan fingerprint density at radius 1 is 0.596 bits per heavy atom. The number of hydrogen-bond donors (Lipinski definition) is 7. The summed E-state index contributed by atoms with van der Waals surface area (Å²) >= 11 is 0. The van der Waals surface area contributed by atoms with Crippen molar-refractivity contribution in [2.45, 2.75) is 255 Å². The molecule has 10 heteroatoms. The zero-order valence-electron chi connectivity index (χ0n) is 36.5. The Labute approximate surface area is 348 Å². The second-order valence-electron chi connectivity index (χ2n) is 16.7. The lowest BCUT2D eigenvalue weighted by molar-refractivity contribution is -0.302. The van der Waals surface area contributed by atoms with E-state index in [2.05, 4.69) is 31.3 Å². The van der Waals surface area contributed by atoms with E-state index in [0.717, 1.165) is 44.9 Å². The fourth-order valence-electron chi connectivity index (χ4n) is 7.45. The molecule has 0 aromatic heterocycles. The topological polar surface area (TPSA) is 169 Å². The van der Waals surface area contributed by atoms with Gasteiger partial charge in [-0.3, -0.25) is 4.79 Å². The number of carbonyl (C=O) groups is 1. The maximum atomic E-state index is 13.0. The Morgan fingerprint density at radius 3 is 1.47 bits per heavy atom. The molecule has 1 aliphatic rings. The monoisotopic (exact) mass is 812 g/mol. The van der Waals surface area contributed by atoms with E-state index in [1.165, 1.54) is 135 Å². The molecule has 1 amide bonds. The van der Waals surface area contributed by atoms with Crippen molar-refractivity contribution >= 4 is 5.91 Å². The molecule has 1 rings (SSSR count). The fourth-order valence-corrected chi connectivity index (χ4v) is 7.45. The molecule has 7 N–H and O–H groups in total. The lowest BCUT2D eigenvalue weighted by Crippen LogP contribution is -2.60. The molecular weight excluding hydrogens is 723 g/mol. The summed E-state index contributed by atoms with van der Waals surface area (Å²) in [4.78, 5) is 13.0. The number of carbonyl (C=O) groups excluding carboxylic acids is 1. The third-order valence-corrected chi connectivity index (χ3v) is 11.4. The van der Waals surface area contributed by atoms with Gasteiger partial charge in [0.25, 0.3) is 0 Å². The third kappa shape index (κ3) is 27.9. The van der Waals surface area contributed by atoms with Crippen molar-refractivity contribution < 1.29 is 44.9 Å². The van der Waals surface area contributed by atoms with Gasteiger partial charge in [-0.1, -0.05) is 186 Å². The largest absolute Gasteiger partial charge is 0.394 e. The van der Waals surface area contributed by atoms with Crippen LogP contribution in [-0.4, -0.2) is 98.7 Å². The van der Waals surface area contributed by atoms with Gasteiger partial charge in [0.05, 0.1) is 25.4 Å². The Hall–Kier alpha value is -1.37. The van der Waals surface area contributed by atoms with Crippen molar-refractivity contribution in [3.8, 4) is 0 Å². The highest BCUT2D eigenvalue weighted by Crippen LogP contribution is 2.23. The van der Waals surface area contributed by atoms with Gasteiger partial charge in [0.2, 0.25) is 5.91 Å². The number of hydrogen-bond acceptors (Lipinski definition) is 9. The number of unbranched alkanes of at least 4 members (excludes halogenated alkanes) is 26. The molecule has 0 bridgehead atoms. The predicted octanol–water partition coefficient (Wildman–Crippen LogP) is 8.86.